The summed E-state index contributed by atoms with van der Waals surface area (Å²) < 4.78 is 0. The van der Waals surface area contributed by atoms with E-state index in [2.05, 4.69) is 17.2 Å². The molecule has 1 aromatic carbocycles. The van der Waals surface area contributed by atoms with Gasteiger partial charge >= 0.3 is 0 Å². The summed E-state index contributed by atoms with van der Waals surface area (Å²) in [5.74, 6) is 0. The summed E-state index contributed by atoms with van der Waals surface area (Å²) in [6.45, 7) is 0. The van der Waals surface area contributed by atoms with Crippen molar-refractivity contribution in [1.29, 1.82) is 0 Å². The van der Waals surface area contributed by atoms with Gasteiger partial charge in [-0.25, -0.2) is 0 Å². The van der Waals surface area contributed by atoms with Crippen LogP contribution in [0.1, 0.15) is 0 Å². The molecule has 1 atom stereocenters. The van der Waals surface area contributed by atoms with Crippen molar-refractivity contribution in [1.82, 2.24) is 0 Å². The molecular formula is C9H9BrN2. The molecule has 62 valence electrons. The highest BCUT2D eigenvalue weighted by atomic mass is 79.9. The minimum absolute atomic E-state index is 0. The summed E-state index contributed by atoms with van der Waals surface area (Å²) in [5, 5.41) is 5.23. The number of halogens is 1. The highest BCUT2D eigenvalue weighted by Crippen LogP contribution is 1.98. The maximum atomic E-state index is 4.19. The van der Waals surface area contributed by atoms with E-state index in [9.17, 15) is 0 Å². The Hall–Kier alpha value is -0.930. The number of benzene rings is 1. The van der Waals surface area contributed by atoms with Gasteiger partial charge in [0.2, 0.25) is 0 Å². The zero-order chi connectivity index (χ0) is 7.52. The number of rotatable bonds is 1. The van der Waals surface area contributed by atoms with E-state index in [0.717, 1.165) is 5.01 Å². The van der Waals surface area contributed by atoms with Crippen molar-refractivity contribution in [2.45, 2.75) is 0 Å². The van der Waals surface area contributed by atoms with Crippen LogP contribution >= 0.6 is 0 Å². The van der Waals surface area contributed by atoms with E-state index in [-0.39, 0.29) is 17.0 Å². The molecule has 1 heterocycles. The fraction of sp³-hybridized carbons (Fsp3) is 0. The first-order valence-electron chi connectivity index (χ1n) is 3.60. The Morgan fingerprint density at radius 1 is 1.08 bits per heavy atom. The first kappa shape index (κ1) is 9.16. The van der Waals surface area contributed by atoms with E-state index >= 15 is 0 Å². The van der Waals surface area contributed by atoms with Gasteiger partial charge in [0.25, 0.3) is 0 Å². The van der Waals surface area contributed by atoms with Crippen LogP contribution in [0.4, 0.5) is 5.69 Å². The monoisotopic (exact) mass is 224 g/mol. The number of quaternary nitrogens is 1. The molecule has 0 fully saturated rings. The molecule has 1 aromatic rings. The summed E-state index contributed by atoms with van der Waals surface area (Å²) in [7, 11) is 0. The van der Waals surface area contributed by atoms with E-state index in [1.165, 1.54) is 5.69 Å². The second-order valence-corrected chi connectivity index (χ2v) is 2.39. The molecule has 0 aliphatic carbocycles. The minimum Gasteiger partial charge on any atom is -1.00 e. The Morgan fingerprint density at radius 2 is 1.83 bits per heavy atom. The number of hydrogen-bond acceptors (Lipinski definition) is 1. The molecule has 0 bridgehead atoms. The predicted octanol–water partition coefficient (Wildman–Crippen LogP) is -2.28. The number of nitrogens with one attached hydrogen (secondary N) is 1. The van der Waals surface area contributed by atoms with Crippen molar-refractivity contribution in [3.63, 3.8) is 0 Å². The Bertz CT molecular complexity index is 281. The van der Waals surface area contributed by atoms with Crippen molar-refractivity contribution in [3.05, 3.63) is 42.6 Å². The molecule has 0 aromatic heterocycles. The van der Waals surface area contributed by atoms with Crippen LogP contribution in [0.15, 0.2) is 47.7 Å². The summed E-state index contributed by atoms with van der Waals surface area (Å²) in [5.41, 5.74) is 1.18. The van der Waals surface area contributed by atoms with E-state index in [4.69, 9.17) is 0 Å². The van der Waals surface area contributed by atoms with Crippen molar-refractivity contribution in [2.75, 3.05) is 0 Å². The molecule has 2 rings (SSSR count). The summed E-state index contributed by atoms with van der Waals surface area (Å²) in [6, 6.07) is 10.2. The van der Waals surface area contributed by atoms with Crippen molar-refractivity contribution in [2.24, 2.45) is 5.10 Å². The number of hydrogen-bond donors (Lipinski definition) is 1. The average molecular weight is 225 g/mol. The van der Waals surface area contributed by atoms with Crippen LogP contribution in [-0.2, 0) is 0 Å². The number of nitrogens with zero attached hydrogens (tertiary/aromatic N) is 1. The van der Waals surface area contributed by atoms with Crippen LogP contribution < -0.4 is 22.0 Å². The number of para-hydroxylation sites is 1. The van der Waals surface area contributed by atoms with Crippen LogP contribution in [-0.4, -0.2) is 6.21 Å². The Kier molecular flexibility index (Phi) is 3.19. The minimum atomic E-state index is 0. The molecule has 0 radical (unpaired) electrons. The van der Waals surface area contributed by atoms with Gasteiger partial charge in [0.05, 0.1) is 6.21 Å². The molecule has 1 N–H and O–H groups in total. The molecule has 3 heteroatoms. The smallest absolute Gasteiger partial charge is 0.162 e. The molecule has 12 heavy (non-hydrogen) atoms. The average Bonchev–Trinajstić information content (AvgIpc) is 2.58. The van der Waals surface area contributed by atoms with Gasteiger partial charge in [0.1, 0.15) is 6.20 Å². The predicted molar refractivity (Wildman–Crippen MR) is 44.7 cm³/mol. The van der Waals surface area contributed by atoms with Crippen LogP contribution in [0.2, 0.25) is 0 Å². The fourth-order valence-electron chi connectivity index (χ4n) is 1.08. The molecule has 1 aliphatic heterocycles. The molecule has 0 saturated heterocycles. The van der Waals surface area contributed by atoms with Gasteiger partial charge in [-0.1, -0.05) is 23.3 Å². The standard InChI is InChI=1S/C9H8N2.BrH/c1-2-5-9(6-3-1)11-8-4-7-10-11;/h1-8H;1H. The third-order valence-corrected chi connectivity index (χ3v) is 1.62. The van der Waals surface area contributed by atoms with Crippen LogP contribution in [0, 0.1) is 0 Å². The summed E-state index contributed by atoms with van der Waals surface area (Å²) in [6.07, 6.45) is 5.76. The van der Waals surface area contributed by atoms with Gasteiger partial charge in [-0.3, -0.25) is 0 Å². The van der Waals surface area contributed by atoms with Gasteiger partial charge in [0, 0.05) is 18.2 Å². The lowest BCUT2D eigenvalue weighted by Gasteiger charge is -2.01. The normalized spacial score (nSPS) is 19.2. The van der Waals surface area contributed by atoms with Gasteiger partial charge in [-0.2, -0.15) is 5.01 Å². The van der Waals surface area contributed by atoms with E-state index in [0.29, 0.717) is 0 Å². The first-order chi connectivity index (χ1) is 5.47. The summed E-state index contributed by atoms with van der Waals surface area (Å²) >= 11 is 0. The highest BCUT2D eigenvalue weighted by molar-refractivity contribution is 5.71. The Balaban J connectivity index is 0.000000720. The van der Waals surface area contributed by atoms with Gasteiger partial charge in [0.15, 0.2) is 5.69 Å². The van der Waals surface area contributed by atoms with E-state index in [1.807, 2.05) is 36.7 Å². The van der Waals surface area contributed by atoms with Crippen LogP contribution in [0.5, 0.6) is 0 Å². The van der Waals surface area contributed by atoms with E-state index < -0.39 is 0 Å². The van der Waals surface area contributed by atoms with Gasteiger partial charge in [-0.05, 0) is 0 Å². The second-order valence-electron chi connectivity index (χ2n) is 2.39. The topological polar surface area (TPSA) is 16.8 Å². The van der Waals surface area contributed by atoms with Crippen molar-refractivity contribution < 1.29 is 22.0 Å². The molecule has 1 unspecified atom stereocenters. The second kappa shape index (κ2) is 4.18. The SMILES string of the molecule is C1=C[NH+](c2ccccc2)N=C1.[Br-]. The quantitative estimate of drug-likeness (QED) is 0.554. The van der Waals surface area contributed by atoms with Gasteiger partial charge in [-0.15, -0.1) is 0 Å². The first-order valence-corrected chi connectivity index (χ1v) is 3.60. The Morgan fingerprint density at radius 3 is 2.42 bits per heavy atom. The fourth-order valence-corrected chi connectivity index (χ4v) is 1.08. The third-order valence-electron chi connectivity index (χ3n) is 1.62. The third kappa shape index (κ3) is 1.81. The molecular weight excluding hydrogens is 216 g/mol. The molecule has 2 nitrogen and oxygen atoms in total. The van der Waals surface area contributed by atoms with Crippen LogP contribution in [0.25, 0.3) is 0 Å². The zero-order valence-corrected chi connectivity index (χ0v) is 8.03. The van der Waals surface area contributed by atoms with Gasteiger partial charge < -0.3 is 17.0 Å². The highest BCUT2D eigenvalue weighted by Gasteiger charge is 2.07. The molecule has 1 aliphatic rings. The number of allylic oxidation sites excluding steroid dienone is 1. The van der Waals surface area contributed by atoms with Crippen molar-refractivity contribution in [3.8, 4) is 0 Å². The zero-order valence-electron chi connectivity index (χ0n) is 6.44. The summed E-state index contributed by atoms with van der Waals surface area (Å²) in [4.78, 5) is 0. The maximum absolute atomic E-state index is 4.19. The molecule has 0 spiro atoms. The van der Waals surface area contributed by atoms with Crippen LogP contribution in [0.3, 0.4) is 0 Å². The van der Waals surface area contributed by atoms with E-state index in [1.54, 1.807) is 0 Å². The molecule has 0 amide bonds. The molecule has 0 saturated carbocycles. The van der Waals surface area contributed by atoms with Crippen molar-refractivity contribution >= 4 is 11.9 Å². The lowest BCUT2D eigenvalue weighted by molar-refractivity contribution is -0.779. The Labute approximate surface area is 82.0 Å². The largest absolute Gasteiger partial charge is 1.00 e. The lowest BCUT2D eigenvalue weighted by atomic mass is 10.3. The lowest BCUT2D eigenvalue weighted by Crippen LogP contribution is -3.00. The maximum Gasteiger partial charge on any atom is 0.162 e.